The number of ether oxygens (including phenoxy) is 1. The zero-order chi connectivity index (χ0) is 17.9. The van der Waals surface area contributed by atoms with Crippen LogP contribution in [0.3, 0.4) is 0 Å². The normalized spacial score (nSPS) is 11.4. The Bertz CT molecular complexity index is 832. The highest BCUT2D eigenvalue weighted by atomic mass is 19.4. The molecule has 0 aliphatic heterocycles. The Labute approximate surface area is 139 Å². The predicted molar refractivity (Wildman–Crippen MR) is 80.6 cm³/mol. The first-order valence-electron chi connectivity index (χ1n) is 7.06. The second kappa shape index (κ2) is 6.75. The van der Waals surface area contributed by atoms with E-state index in [-0.39, 0.29) is 5.82 Å². The molecule has 1 N–H and O–H groups in total. The van der Waals surface area contributed by atoms with Gasteiger partial charge in [-0.2, -0.15) is 18.2 Å². The Balaban J connectivity index is 1.64. The topological polar surface area (TPSA) is 86.0 Å². The Morgan fingerprint density at radius 2 is 1.96 bits per heavy atom. The first-order chi connectivity index (χ1) is 12.0. The maximum Gasteiger partial charge on any atom is 0.471 e. The minimum atomic E-state index is -4.67. The highest BCUT2D eigenvalue weighted by Gasteiger charge is 2.38. The fourth-order valence-electron chi connectivity index (χ4n) is 1.92. The van der Waals surface area contributed by atoms with Crippen LogP contribution >= 0.6 is 0 Å². The molecule has 0 spiro atoms. The van der Waals surface area contributed by atoms with Crippen molar-refractivity contribution in [2.24, 2.45) is 0 Å². The summed E-state index contributed by atoms with van der Waals surface area (Å²) in [5.41, 5.74) is 1.79. The Kier molecular flexibility index (Phi) is 4.50. The molecule has 0 aliphatic carbocycles. The first kappa shape index (κ1) is 16.7. The number of methoxy groups -OCH3 is 1. The van der Waals surface area contributed by atoms with Gasteiger partial charge in [0.2, 0.25) is 11.7 Å². The number of anilines is 1. The Hall–Kier alpha value is -3.17. The van der Waals surface area contributed by atoms with Gasteiger partial charge in [-0.1, -0.05) is 5.16 Å². The zero-order valence-corrected chi connectivity index (χ0v) is 12.9. The Morgan fingerprint density at radius 1 is 1.12 bits per heavy atom. The van der Waals surface area contributed by atoms with Gasteiger partial charge in [-0.15, -0.1) is 0 Å². The minimum Gasteiger partial charge on any atom is -0.481 e. The average Bonchev–Trinajstić information content (AvgIpc) is 3.11. The number of nitrogens with one attached hydrogen (secondary N) is 1. The van der Waals surface area contributed by atoms with Gasteiger partial charge in [-0.3, -0.25) is 4.98 Å². The van der Waals surface area contributed by atoms with Crippen LogP contribution in [0.25, 0.3) is 11.4 Å². The highest BCUT2D eigenvalue weighted by molar-refractivity contribution is 5.52. The highest BCUT2D eigenvalue weighted by Crippen LogP contribution is 2.29. The van der Waals surface area contributed by atoms with E-state index in [1.807, 2.05) is 0 Å². The quantitative estimate of drug-likeness (QED) is 0.755. The average molecular weight is 351 g/mol. The lowest BCUT2D eigenvalue weighted by Crippen LogP contribution is -2.05. The summed E-state index contributed by atoms with van der Waals surface area (Å²) >= 11 is 0. The van der Waals surface area contributed by atoms with Crippen LogP contribution in [0, 0.1) is 0 Å². The molecule has 3 heterocycles. The number of alkyl halides is 3. The van der Waals surface area contributed by atoms with E-state index in [4.69, 9.17) is 4.74 Å². The fraction of sp³-hybridized carbons (Fsp3) is 0.200. The van der Waals surface area contributed by atoms with Crippen LogP contribution in [-0.2, 0) is 12.7 Å². The van der Waals surface area contributed by atoms with E-state index in [0.29, 0.717) is 23.7 Å². The molecule has 0 radical (unpaired) electrons. The lowest BCUT2D eigenvalue weighted by Gasteiger charge is -2.06. The van der Waals surface area contributed by atoms with Gasteiger partial charge in [-0.25, -0.2) is 4.98 Å². The second-order valence-electron chi connectivity index (χ2n) is 4.90. The molecule has 130 valence electrons. The SMILES string of the molecule is COc1ccc(NCc2ccc(-c3noc(C(F)(F)F)n3)cn2)cn1. The largest absolute Gasteiger partial charge is 0.481 e. The summed E-state index contributed by atoms with van der Waals surface area (Å²) in [5.74, 6) is -1.05. The van der Waals surface area contributed by atoms with Crippen LogP contribution < -0.4 is 10.1 Å². The van der Waals surface area contributed by atoms with Crippen molar-refractivity contribution in [3.8, 4) is 17.3 Å². The molecule has 0 unspecified atom stereocenters. The number of nitrogens with zero attached hydrogens (tertiary/aromatic N) is 4. The molecule has 0 amide bonds. The number of pyridine rings is 2. The van der Waals surface area contributed by atoms with Gasteiger partial charge in [0.1, 0.15) is 0 Å². The molecule has 0 atom stereocenters. The van der Waals surface area contributed by atoms with Crippen molar-refractivity contribution in [2.45, 2.75) is 12.7 Å². The van der Waals surface area contributed by atoms with E-state index in [1.165, 1.54) is 13.3 Å². The molecule has 0 aromatic carbocycles. The van der Waals surface area contributed by atoms with Crippen LogP contribution in [0.2, 0.25) is 0 Å². The van der Waals surface area contributed by atoms with Gasteiger partial charge in [0.15, 0.2) is 0 Å². The fourth-order valence-corrected chi connectivity index (χ4v) is 1.92. The van der Waals surface area contributed by atoms with Crippen molar-refractivity contribution in [1.82, 2.24) is 20.1 Å². The van der Waals surface area contributed by atoms with Gasteiger partial charge in [-0.05, 0) is 18.2 Å². The summed E-state index contributed by atoms with van der Waals surface area (Å²) in [6, 6.07) is 6.75. The van der Waals surface area contributed by atoms with Crippen molar-refractivity contribution >= 4 is 5.69 Å². The number of aromatic nitrogens is 4. The van der Waals surface area contributed by atoms with Crippen molar-refractivity contribution in [3.05, 3.63) is 48.2 Å². The summed E-state index contributed by atoms with van der Waals surface area (Å²) in [6.45, 7) is 0.411. The van der Waals surface area contributed by atoms with Crippen molar-refractivity contribution < 1.29 is 22.4 Å². The van der Waals surface area contributed by atoms with E-state index in [2.05, 4.69) is 29.9 Å². The molecular formula is C15H12F3N5O2. The number of halogens is 3. The van der Waals surface area contributed by atoms with E-state index in [9.17, 15) is 13.2 Å². The van der Waals surface area contributed by atoms with Crippen LogP contribution in [0.15, 0.2) is 41.2 Å². The van der Waals surface area contributed by atoms with Gasteiger partial charge in [0, 0.05) is 17.8 Å². The first-order valence-corrected chi connectivity index (χ1v) is 7.06. The van der Waals surface area contributed by atoms with Crippen molar-refractivity contribution in [1.29, 1.82) is 0 Å². The molecule has 0 bridgehead atoms. The summed E-state index contributed by atoms with van der Waals surface area (Å²) in [6.07, 6.45) is -1.67. The number of hydrogen-bond acceptors (Lipinski definition) is 7. The molecule has 3 aromatic rings. The molecule has 0 saturated carbocycles. The third kappa shape index (κ3) is 4.03. The molecule has 0 aliphatic rings. The molecular weight excluding hydrogens is 339 g/mol. The Morgan fingerprint density at radius 3 is 2.52 bits per heavy atom. The van der Waals surface area contributed by atoms with E-state index in [1.54, 1.807) is 30.5 Å². The molecule has 3 aromatic heterocycles. The predicted octanol–water partition coefficient (Wildman–Crippen LogP) is 3.17. The number of rotatable bonds is 5. The third-order valence-electron chi connectivity index (χ3n) is 3.17. The molecule has 25 heavy (non-hydrogen) atoms. The second-order valence-corrected chi connectivity index (χ2v) is 4.90. The molecule has 3 rings (SSSR count). The summed E-state index contributed by atoms with van der Waals surface area (Å²) in [4.78, 5) is 11.5. The maximum atomic E-state index is 12.5. The number of hydrogen-bond donors (Lipinski definition) is 1. The van der Waals surface area contributed by atoms with E-state index < -0.39 is 12.1 Å². The van der Waals surface area contributed by atoms with Crippen molar-refractivity contribution in [3.63, 3.8) is 0 Å². The monoisotopic (exact) mass is 351 g/mol. The van der Waals surface area contributed by atoms with Crippen LogP contribution in [0.5, 0.6) is 5.88 Å². The van der Waals surface area contributed by atoms with E-state index in [0.717, 1.165) is 5.69 Å². The lowest BCUT2D eigenvalue weighted by atomic mass is 10.2. The summed E-state index contributed by atoms with van der Waals surface area (Å²) in [7, 11) is 1.53. The molecule has 7 nitrogen and oxygen atoms in total. The van der Waals surface area contributed by atoms with Crippen LogP contribution in [-0.4, -0.2) is 27.2 Å². The molecule has 0 saturated heterocycles. The minimum absolute atomic E-state index is 0.168. The van der Waals surface area contributed by atoms with Crippen molar-refractivity contribution in [2.75, 3.05) is 12.4 Å². The van der Waals surface area contributed by atoms with Gasteiger partial charge < -0.3 is 14.6 Å². The standard InChI is InChI=1S/C15H12F3N5O2/c1-24-12-5-4-11(8-21-12)20-7-10-3-2-9(6-19-10)13-22-14(25-23-13)15(16,17)18/h2-6,8,20H,7H2,1H3. The smallest absolute Gasteiger partial charge is 0.471 e. The lowest BCUT2D eigenvalue weighted by molar-refractivity contribution is -0.159. The van der Waals surface area contributed by atoms with Gasteiger partial charge in [0.05, 0.1) is 31.2 Å². The third-order valence-corrected chi connectivity index (χ3v) is 3.17. The van der Waals surface area contributed by atoms with Crippen LogP contribution in [0.4, 0.5) is 18.9 Å². The van der Waals surface area contributed by atoms with Gasteiger partial charge in [0.25, 0.3) is 0 Å². The van der Waals surface area contributed by atoms with Crippen LogP contribution in [0.1, 0.15) is 11.6 Å². The summed E-state index contributed by atoms with van der Waals surface area (Å²) < 4.78 is 46.5. The maximum absolute atomic E-state index is 12.5. The van der Waals surface area contributed by atoms with E-state index >= 15 is 0 Å². The summed E-state index contributed by atoms with van der Waals surface area (Å²) in [5, 5.41) is 6.43. The molecule has 0 fully saturated rings. The van der Waals surface area contributed by atoms with Gasteiger partial charge >= 0.3 is 12.1 Å². The zero-order valence-electron chi connectivity index (χ0n) is 12.9. The molecule has 10 heteroatoms.